The van der Waals surface area contributed by atoms with Gasteiger partial charge >= 0.3 is 0 Å². The van der Waals surface area contributed by atoms with Crippen LogP contribution in [0.25, 0.3) is 22.4 Å². The highest BCUT2D eigenvalue weighted by molar-refractivity contribution is 5.80. The second kappa shape index (κ2) is 8.76. The van der Waals surface area contributed by atoms with Crippen LogP contribution in [0.15, 0.2) is 91.5 Å². The van der Waals surface area contributed by atoms with Crippen molar-refractivity contribution in [2.45, 2.75) is 19.1 Å². The van der Waals surface area contributed by atoms with Crippen LogP contribution in [0.1, 0.15) is 5.56 Å². The molecule has 0 radical (unpaired) electrons. The summed E-state index contributed by atoms with van der Waals surface area (Å²) in [5.74, 6) is 1.63. The van der Waals surface area contributed by atoms with Crippen molar-refractivity contribution in [3.05, 3.63) is 97.1 Å². The zero-order valence-electron chi connectivity index (χ0n) is 16.2. The van der Waals surface area contributed by atoms with Gasteiger partial charge in [-0.1, -0.05) is 66.7 Å². The van der Waals surface area contributed by atoms with Crippen molar-refractivity contribution in [2.24, 2.45) is 0 Å². The van der Waals surface area contributed by atoms with Crippen LogP contribution < -0.4 is 4.74 Å². The van der Waals surface area contributed by atoms with Gasteiger partial charge in [-0.2, -0.15) is 0 Å². The number of allylic oxidation sites excluding steroid dienone is 1. The van der Waals surface area contributed by atoms with Crippen molar-refractivity contribution >= 4 is 11.0 Å². The van der Waals surface area contributed by atoms with Crippen LogP contribution in [0.4, 0.5) is 0 Å². The molecular formula is C25H24N2O2. The Kier molecular flexibility index (Phi) is 5.73. The van der Waals surface area contributed by atoms with Crippen molar-refractivity contribution < 1.29 is 9.84 Å². The van der Waals surface area contributed by atoms with Crippen molar-refractivity contribution in [1.29, 1.82) is 0 Å². The molecule has 1 aromatic heterocycles. The van der Waals surface area contributed by atoms with Gasteiger partial charge < -0.3 is 14.4 Å². The fourth-order valence-corrected chi connectivity index (χ4v) is 3.49. The number of rotatable bonds is 8. The Balaban J connectivity index is 1.57. The lowest BCUT2D eigenvalue weighted by Crippen LogP contribution is -2.24. The minimum absolute atomic E-state index is 0.203. The molecule has 4 nitrogen and oxygen atoms in total. The van der Waals surface area contributed by atoms with E-state index in [-0.39, 0.29) is 6.61 Å². The van der Waals surface area contributed by atoms with Gasteiger partial charge in [0.05, 0.1) is 17.6 Å². The Morgan fingerprint density at radius 1 is 0.966 bits per heavy atom. The fraction of sp³-hybridized carbons (Fsp3) is 0.160. The van der Waals surface area contributed by atoms with Gasteiger partial charge in [-0.25, -0.2) is 4.98 Å². The van der Waals surface area contributed by atoms with Gasteiger partial charge in [0.2, 0.25) is 0 Å². The second-order valence-corrected chi connectivity index (χ2v) is 6.97. The van der Waals surface area contributed by atoms with Crippen LogP contribution in [0.3, 0.4) is 0 Å². The minimum Gasteiger partial charge on any atom is -0.491 e. The summed E-state index contributed by atoms with van der Waals surface area (Å²) in [6.07, 6.45) is 1.91. The number of ether oxygens (including phenoxy) is 1. The molecule has 1 N–H and O–H groups in total. The summed E-state index contributed by atoms with van der Waals surface area (Å²) in [4.78, 5) is 4.79. The molecule has 3 aromatic carbocycles. The van der Waals surface area contributed by atoms with Crippen LogP contribution in [-0.4, -0.2) is 27.4 Å². The quantitative estimate of drug-likeness (QED) is 0.441. The number of benzene rings is 3. The maximum atomic E-state index is 10.7. The zero-order valence-corrected chi connectivity index (χ0v) is 16.2. The van der Waals surface area contributed by atoms with Gasteiger partial charge in [0, 0.05) is 5.56 Å². The van der Waals surface area contributed by atoms with Gasteiger partial charge in [-0.05, 0) is 30.2 Å². The Morgan fingerprint density at radius 3 is 2.52 bits per heavy atom. The number of para-hydroxylation sites is 3. The van der Waals surface area contributed by atoms with E-state index >= 15 is 0 Å². The lowest BCUT2D eigenvalue weighted by molar-refractivity contribution is 0.0934. The van der Waals surface area contributed by atoms with E-state index in [4.69, 9.17) is 9.72 Å². The monoisotopic (exact) mass is 384 g/mol. The van der Waals surface area contributed by atoms with Crippen LogP contribution in [-0.2, 0) is 13.0 Å². The van der Waals surface area contributed by atoms with Gasteiger partial charge in [0.25, 0.3) is 0 Å². The van der Waals surface area contributed by atoms with Crippen LogP contribution in [0.2, 0.25) is 0 Å². The van der Waals surface area contributed by atoms with E-state index in [9.17, 15) is 5.11 Å². The van der Waals surface area contributed by atoms with Crippen LogP contribution >= 0.6 is 0 Å². The maximum absolute atomic E-state index is 10.7. The minimum atomic E-state index is -0.674. The summed E-state index contributed by atoms with van der Waals surface area (Å²) in [6, 6.07) is 25.9. The highest BCUT2D eigenvalue weighted by atomic mass is 16.5. The maximum Gasteiger partial charge on any atom is 0.141 e. The van der Waals surface area contributed by atoms with Gasteiger partial charge in [0.1, 0.15) is 24.3 Å². The molecule has 0 aliphatic heterocycles. The summed E-state index contributed by atoms with van der Waals surface area (Å²) in [5, 5.41) is 10.7. The number of aliphatic hydroxyl groups is 1. The van der Waals surface area contributed by atoms with Gasteiger partial charge in [-0.15, -0.1) is 6.58 Å². The first kappa shape index (κ1) is 19.0. The highest BCUT2D eigenvalue weighted by Gasteiger charge is 2.16. The third-order valence-corrected chi connectivity index (χ3v) is 4.85. The first-order valence-electron chi connectivity index (χ1n) is 9.76. The number of hydrogen-bond donors (Lipinski definition) is 1. The van der Waals surface area contributed by atoms with Crippen molar-refractivity contribution in [3.8, 4) is 17.1 Å². The number of aliphatic hydroxyl groups excluding tert-OH is 1. The Bertz CT molecular complexity index is 1100. The molecule has 1 atom stereocenters. The Morgan fingerprint density at radius 2 is 1.69 bits per heavy atom. The van der Waals surface area contributed by atoms with Crippen molar-refractivity contribution in [3.63, 3.8) is 0 Å². The van der Waals surface area contributed by atoms with Crippen LogP contribution in [0.5, 0.6) is 5.75 Å². The van der Waals surface area contributed by atoms with Gasteiger partial charge in [0.15, 0.2) is 0 Å². The number of hydrogen-bond acceptors (Lipinski definition) is 3. The molecule has 0 aliphatic rings. The molecule has 29 heavy (non-hydrogen) atoms. The fourth-order valence-electron chi connectivity index (χ4n) is 3.49. The molecule has 4 rings (SSSR count). The normalized spacial score (nSPS) is 12.0. The molecule has 0 fully saturated rings. The van der Waals surface area contributed by atoms with E-state index < -0.39 is 6.10 Å². The molecule has 0 spiro atoms. The summed E-state index contributed by atoms with van der Waals surface area (Å²) < 4.78 is 7.99. The lowest BCUT2D eigenvalue weighted by atomic mass is 10.1. The number of imidazole rings is 1. The molecule has 0 aliphatic carbocycles. The van der Waals surface area contributed by atoms with Gasteiger partial charge in [-0.3, -0.25) is 0 Å². The van der Waals surface area contributed by atoms with E-state index in [0.717, 1.165) is 40.2 Å². The van der Waals surface area contributed by atoms with E-state index in [1.54, 1.807) is 0 Å². The van der Waals surface area contributed by atoms with E-state index in [2.05, 4.69) is 11.1 Å². The third kappa shape index (κ3) is 4.23. The average molecular weight is 384 g/mol. The molecule has 4 heteroatoms. The molecule has 0 saturated heterocycles. The molecule has 0 saturated carbocycles. The predicted octanol–water partition coefficient (Wildman–Crippen LogP) is 4.87. The number of nitrogens with zero attached hydrogens (tertiary/aromatic N) is 2. The van der Waals surface area contributed by atoms with E-state index in [0.29, 0.717) is 6.54 Å². The molecular weight excluding hydrogens is 360 g/mol. The van der Waals surface area contributed by atoms with E-state index in [1.807, 2.05) is 84.9 Å². The summed E-state index contributed by atoms with van der Waals surface area (Å²) in [6.45, 7) is 4.39. The molecule has 146 valence electrons. The molecule has 4 aromatic rings. The highest BCUT2D eigenvalue weighted by Crippen LogP contribution is 2.25. The average Bonchev–Trinajstić information content (AvgIpc) is 3.12. The molecule has 1 heterocycles. The molecule has 1 unspecified atom stereocenters. The first-order chi connectivity index (χ1) is 14.3. The third-order valence-electron chi connectivity index (χ3n) is 4.85. The molecule has 0 bridgehead atoms. The smallest absolute Gasteiger partial charge is 0.141 e. The number of fused-ring (bicyclic) bond motifs is 1. The Hall–Kier alpha value is -3.37. The second-order valence-electron chi connectivity index (χ2n) is 6.97. The summed E-state index contributed by atoms with van der Waals surface area (Å²) in [7, 11) is 0. The molecule has 0 amide bonds. The first-order valence-corrected chi connectivity index (χ1v) is 9.76. The topological polar surface area (TPSA) is 47.3 Å². The summed E-state index contributed by atoms with van der Waals surface area (Å²) in [5.41, 5.74) is 3.99. The number of aromatic nitrogens is 2. The standard InChI is InChI=1S/C25H24N2O2/c1-2-10-19-11-6-9-16-24(19)29-18-21(28)17-27-23-15-8-7-14-22(23)26-25(27)20-12-4-3-5-13-20/h2-9,11-16,21,28H,1,10,17-18H2. The van der Waals surface area contributed by atoms with Crippen molar-refractivity contribution in [2.75, 3.05) is 6.61 Å². The Labute approximate surface area is 170 Å². The zero-order chi connectivity index (χ0) is 20.1. The van der Waals surface area contributed by atoms with E-state index in [1.165, 1.54) is 0 Å². The predicted molar refractivity (Wildman–Crippen MR) is 117 cm³/mol. The SMILES string of the molecule is C=CCc1ccccc1OCC(O)Cn1c(-c2ccccc2)nc2ccccc21. The van der Waals surface area contributed by atoms with Crippen molar-refractivity contribution in [1.82, 2.24) is 9.55 Å². The lowest BCUT2D eigenvalue weighted by Gasteiger charge is -2.17. The largest absolute Gasteiger partial charge is 0.491 e. The van der Waals surface area contributed by atoms with Crippen LogP contribution in [0, 0.1) is 0 Å². The summed E-state index contributed by atoms with van der Waals surface area (Å²) >= 11 is 0.